The Hall–Kier alpha value is -1.14. The van der Waals surface area contributed by atoms with Gasteiger partial charge >= 0.3 is 0 Å². The number of aromatic nitrogens is 1. The monoisotopic (exact) mass is 382 g/mol. The molecule has 20 heavy (non-hydrogen) atoms. The van der Waals surface area contributed by atoms with Gasteiger partial charge in [-0.15, -0.1) is 0 Å². The van der Waals surface area contributed by atoms with Crippen LogP contribution in [0.2, 0.25) is 0 Å². The van der Waals surface area contributed by atoms with E-state index in [1.165, 1.54) is 9.13 Å². The highest BCUT2D eigenvalue weighted by atomic mass is 127. The summed E-state index contributed by atoms with van der Waals surface area (Å²) in [5.41, 5.74) is 2.21. The van der Waals surface area contributed by atoms with E-state index in [9.17, 15) is 0 Å². The predicted molar refractivity (Wildman–Crippen MR) is 89.7 cm³/mol. The molecule has 0 bridgehead atoms. The van der Waals surface area contributed by atoms with E-state index in [-0.39, 0.29) is 0 Å². The molecule has 0 radical (unpaired) electrons. The van der Waals surface area contributed by atoms with E-state index in [0.29, 0.717) is 6.61 Å². The first-order valence-corrected chi connectivity index (χ1v) is 7.88. The second-order valence-corrected chi connectivity index (χ2v) is 5.82. The molecule has 4 heteroatoms. The number of pyridine rings is 1. The fourth-order valence-corrected chi connectivity index (χ4v) is 2.10. The first-order valence-electron chi connectivity index (χ1n) is 6.81. The Balaban J connectivity index is 1.82. The molecule has 106 valence electrons. The number of halogens is 1. The SMILES string of the molecule is CCCNCc1ccc(OCc2ccc(I)cc2)cn1. The number of nitrogens with one attached hydrogen (secondary N) is 1. The molecule has 0 unspecified atom stereocenters. The third-order valence-electron chi connectivity index (χ3n) is 2.85. The van der Waals surface area contributed by atoms with E-state index in [4.69, 9.17) is 4.74 Å². The third kappa shape index (κ3) is 5.09. The van der Waals surface area contributed by atoms with Crippen LogP contribution in [-0.2, 0) is 13.2 Å². The van der Waals surface area contributed by atoms with Gasteiger partial charge in [-0.25, -0.2) is 0 Å². The van der Waals surface area contributed by atoms with Crippen molar-refractivity contribution in [1.29, 1.82) is 0 Å². The predicted octanol–water partition coefficient (Wildman–Crippen LogP) is 3.76. The average Bonchev–Trinajstić information content (AvgIpc) is 2.48. The molecule has 0 aliphatic rings. The van der Waals surface area contributed by atoms with Crippen LogP contribution in [0.15, 0.2) is 42.6 Å². The van der Waals surface area contributed by atoms with Gasteiger partial charge in [-0.1, -0.05) is 19.1 Å². The second-order valence-electron chi connectivity index (χ2n) is 4.58. The maximum Gasteiger partial charge on any atom is 0.138 e. The zero-order chi connectivity index (χ0) is 14.2. The summed E-state index contributed by atoms with van der Waals surface area (Å²) < 4.78 is 6.96. The number of hydrogen-bond donors (Lipinski definition) is 1. The number of ether oxygens (including phenoxy) is 1. The van der Waals surface area contributed by atoms with Crippen LogP contribution in [0.3, 0.4) is 0 Å². The largest absolute Gasteiger partial charge is 0.487 e. The smallest absolute Gasteiger partial charge is 0.138 e. The molecule has 1 N–H and O–H groups in total. The maximum absolute atomic E-state index is 5.73. The molecule has 0 atom stereocenters. The van der Waals surface area contributed by atoms with Gasteiger partial charge in [0.25, 0.3) is 0 Å². The van der Waals surface area contributed by atoms with Crippen LogP contribution in [0.5, 0.6) is 5.75 Å². The molecule has 0 spiro atoms. The van der Waals surface area contributed by atoms with E-state index < -0.39 is 0 Å². The van der Waals surface area contributed by atoms with Gasteiger partial charge < -0.3 is 10.1 Å². The van der Waals surface area contributed by atoms with Crippen molar-refractivity contribution in [1.82, 2.24) is 10.3 Å². The van der Waals surface area contributed by atoms with Gasteiger partial charge in [0.2, 0.25) is 0 Å². The molecule has 1 aromatic carbocycles. The Morgan fingerprint density at radius 2 is 1.95 bits per heavy atom. The average molecular weight is 382 g/mol. The van der Waals surface area contributed by atoms with Gasteiger partial charge in [-0.3, -0.25) is 4.98 Å². The molecule has 0 saturated carbocycles. The van der Waals surface area contributed by atoms with Crippen LogP contribution in [-0.4, -0.2) is 11.5 Å². The Labute approximate surface area is 133 Å². The van der Waals surface area contributed by atoms with E-state index in [2.05, 4.69) is 64.1 Å². The number of nitrogens with zero attached hydrogens (tertiary/aromatic N) is 1. The first-order chi connectivity index (χ1) is 9.78. The number of hydrogen-bond acceptors (Lipinski definition) is 3. The standard InChI is InChI=1S/C16H19IN2O/c1-2-9-18-10-15-7-8-16(11-19-15)20-12-13-3-5-14(17)6-4-13/h3-8,11,18H,2,9-10,12H2,1H3. The van der Waals surface area contributed by atoms with Gasteiger partial charge in [0.05, 0.1) is 11.9 Å². The van der Waals surface area contributed by atoms with Crippen molar-refractivity contribution in [2.24, 2.45) is 0 Å². The Morgan fingerprint density at radius 3 is 2.60 bits per heavy atom. The molecule has 0 aliphatic heterocycles. The molecular formula is C16H19IN2O. The Kier molecular flexibility index (Phi) is 6.26. The molecule has 0 amide bonds. The lowest BCUT2D eigenvalue weighted by atomic mass is 10.2. The molecule has 0 fully saturated rings. The number of benzene rings is 1. The number of rotatable bonds is 7. The minimum atomic E-state index is 0.575. The minimum absolute atomic E-state index is 0.575. The lowest BCUT2D eigenvalue weighted by Gasteiger charge is -2.07. The van der Waals surface area contributed by atoms with Crippen molar-refractivity contribution in [2.45, 2.75) is 26.5 Å². The van der Waals surface area contributed by atoms with Gasteiger partial charge in [0.15, 0.2) is 0 Å². The van der Waals surface area contributed by atoms with Crippen molar-refractivity contribution in [2.75, 3.05) is 6.54 Å². The van der Waals surface area contributed by atoms with E-state index >= 15 is 0 Å². The molecule has 2 rings (SSSR count). The van der Waals surface area contributed by atoms with Crippen molar-refractivity contribution < 1.29 is 4.74 Å². The summed E-state index contributed by atoms with van der Waals surface area (Å²) in [6.07, 6.45) is 2.92. The van der Waals surface area contributed by atoms with E-state index in [0.717, 1.165) is 31.0 Å². The van der Waals surface area contributed by atoms with Gasteiger partial charge in [0.1, 0.15) is 12.4 Å². The van der Waals surface area contributed by atoms with Crippen LogP contribution >= 0.6 is 22.6 Å². The molecule has 1 heterocycles. The quantitative estimate of drug-likeness (QED) is 0.585. The normalized spacial score (nSPS) is 10.5. The van der Waals surface area contributed by atoms with Crippen LogP contribution in [0.25, 0.3) is 0 Å². The lowest BCUT2D eigenvalue weighted by molar-refractivity contribution is 0.304. The molecule has 2 aromatic rings. The van der Waals surface area contributed by atoms with E-state index in [1.54, 1.807) is 6.20 Å². The fourth-order valence-electron chi connectivity index (χ4n) is 1.74. The summed E-state index contributed by atoms with van der Waals surface area (Å²) in [7, 11) is 0. The first kappa shape index (κ1) is 15.3. The highest BCUT2D eigenvalue weighted by Crippen LogP contribution is 2.13. The Bertz CT molecular complexity index is 511. The Morgan fingerprint density at radius 1 is 1.15 bits per heavy atom. The summed E-state index contributed by atoms with van der Waals surface area (Å²) >= 11 is 2.30. The van der Waals surface area contributed by atoms with Gasteiger partial charge in [-0.2, -0.15) is 0 Å². The molecule has 1 aromatic heterocycles. The molecule has 0 aliphatic carbocycles. The van der Waals surface area contributed by atoms with Crippen molar-refractivity contribution in [3.05, 3.63) is 57.4 Å². The summed E-state index contributed by atoms with van der Waals surface area (Å²) in [4.78, 5) is 4.39. The van der Waals surface area contributed by atoms with Crippen molar-refractivity contribution in [3.8, 4) is 5.75 Å². The van der Waals surface area contributed by atoms with Crippen LogP contribution in [0, 0.1) is 3.57 Å². The summed E-state index contributed by atoms with van der Waals surface area (Å²) in [5.74, 6) is 0.808. The molecular weight excluding hydrogens is 363 g/mol. The van der Waals surface area contributed by atoms with Crippen LogP contribution in [0.1, 0.15) is 24.6 Å². The highest BCUT2D eigenvalue weighted by molar-refractivity contribution is 14.1. The third-order valence-corrected chi connectivity index (χ3v) is 3.57. The summed E-state index contributed by atoms with van der Waals surface area (Å²) in [6, 6.07) is 12.3. The van der Waals surface area contributed by atoms with Crippen LogP contribution < -0.4 is 10.1 Å². The topological polar surface area (TPSA) is 34.1 Å². The fraction of sp³-hybridized carbons (Fsp3) is 0.312. The minimum Gasteiger partial charge on any atom is -0.487 e. The zero-order valence-corrected chi connectivity index (χ0v) is 13.8. The highest BCUT2D eigenvalue weighted by Gasteiger charge is 1.98. The lowest BCUT2D eigenvalue weighted by Crippen LogP contribution is -2.14. The van der Waals surface area contributed by atoms with Crippen LogP contribution in [0.4, 0.5) is 0 Å². The van der Waals surface area contributed by atoms with Gasteiger partial charge in [0, 0.05) is 10.1 Å². The van der Waals surface area contributed by atoms with E-state index in [1.807, 2.05) is 12.1 Å². The zero-order valence-electron chi connectivity index (χ0n) is 11.6. The molecule has 3 nitrogen and oxygen atoms in total. The van der Waals surface area contributed by atoms with Crippen molar-refractivity contribution >= 4 is 22.6 Å². The summed E-state index contributed by atoms with van der Waals surface area (Å²) in [5, 5.41) is 3.33. The second kappa shape index (κ2) is 8.21. The van der Waals surface area contributed by atoms with Crippen molar-refractivity contribution in [3.63, 3.8) is 0 Å². The molecule has 0 saturated heterocycles. The summed E-state index contributed by atoms with van der Waals surface area (Å²) in [6.45, 7) is 4.56. The maximum atomic E-state index is 5.73. The van der Waals surface area contributed by atoms with Gasteiger partial charge in [-0.05, 0) is 65.4 Å².